The molecule has 0 aromatic carbocycles. The van der Waals surface area contributed by atoms with Gasteiger partial charge in [0.15, 0.2) is 6.29 Å². The van der Waals surface area contributed by atoms with Crippen molar-refractivity contribution in [1.29, 1.82) is 0 Å². The van der Waals surface area contributed by atoms with E-state index in [0.29, 0.717) is 5.69 Å². The Morgan fingerprint density at radius 1 is 0.966 bits per heavy atom. The van der Waals surface area contributed by atoms with Crippen LogP contribution in [0.2, 0.25) is 0 Å². The lowest BCUT2D eigenvalue weighted by Crippen LogP contribution is -2.59. The Morgan fingerprint density at radius 3 is 2.41 bits per heavy atom. The number of aliphatic hydroxyl groups is 4. The van der Waals surface area contributed by atoms with Crippen LogP contribution in [0.25, 0.3) is 0 Å². The van der Waals surface area contributed by atoms with Crippen molar-refractivity contribution in [3.8, 4) is 0 Å². The second-order valence-corrected chi connectivity index (χ2v) is 7.32. The fourth-order valence-corrected chi connectivity index (χ4v) is 3.33. The van der Waals surface area contributed by atoms with E-state index in [9.17, 15) is 20.4 Å². The number of nitrogens with zero attached hydrogens (tertiary/aromatic N) is 4. The van der Waals surface area contributed by atoms with Gasteiger partial charge in [0.1, 0.15) is 30.1 Å². The average Bonchev–Trinajstić information content (AvgIpc) is 3.40. The molecule has 5 atom stereocenters. The normalized spacial score (nSPS) is 27.4. The van der Waals surface area contributed by atoms with Gasteiger partial charge in [-0.15, -0.1) is 5.10 Å². The molecule has 1 fully saturated rings. The zero-order valence-electron chi connectivity index (χ0n) is 16.3. The van der Waals surface area contributed by atoms with Crippen molar-refractivity contribution in [2.75, 3.05) is 6.61 Å². The van der Waals surface area contributed by atoms with E-state index in [4.69, 9.17) is 9.47 Å². The van der Waals surface area contributed by atoms with Crippen molar-refractivity contribution >= 4 is 0 Å². The van der Waals surface area contributed by atoms with Gasteiger partial charge < -0.3 is 34.5 Å². The summed E-state index contributed by atoms with van der Waals surface area (Å²) < 4.78 is 14.7. The zero-order chi connectivity index (χ0) is 20.6. The van der Waals surface area contributed by atoms with Crippen LogP contribution in [-0.2, 0) is 29.2 Å². The summed E-state index contributed by atoms with van der Waals surface area (Å²) in [6.07, 6.45) is 3.87. The van der Waals surface area contributed by atoms with Crippen molar-refractivity contribution in [3.63, 3.8) is 0 Å². The largest absolute Gasteiger partial charge is 0.394 e. The molecule has 0 amide bonds. The summed E-state index contributed by atoms with van der Waals surface area (Å²) in [4.78, 5) is 0. The van der Waals surface area contributed by atoms with Gasteiger partial charge in [-0.25, -0.2) is 0 Å². The van der Waals surface area contributed by atoms with E-state index in [1.165, 1.54) is 0 Å². The maximum absolute atomic E-state index is 9.97. The van der Waals surface area contributed by atoms with Crippen molar-refractivity contribution in [1.82, 2.24) is 19.6 Å². The molecule has 162 valence electrons. The first-order valence-corrected chi connectivity index (χ1v) is 10.0. The molecule has 2 aromatic rings. The molecule has 0 aliphatic carbocycles. The maximum Gasteiger partial charge on any atom is 0.187 e. The highest BCUT2D eigenvalue weighted by atomic mass is 16.7. The predicted molar refractivity (Wildman–Crippen MR) is 101 cm³/mol. The lowest BCUT2D eigenvalue weighted by Gasteiger charge is -2.39. The molecular formula is C19H30N4O6. The molecule has 1 saturated heterocycles. The Labute approximate surface area is 169 Å². The molecule has 10 heteroatoms. The monoisotopic (exact) mass is 410 g/mol. The van der Waals surface area contributed by atoms with Gasteiger partial charge in [-0.2, -0.15) is 0 Å². The molecule has 1 aliphatic heterocycles. The Morgan fingerprint density at radius 2 is 1.69 bits per heavy atom. The summed E-state index contributed by atoms with van der Waals surface area (Å²) in [6.45, 7) is 1.33. The summed E-state index contributed by atoms with van der Waals surface area (Å²) in [5.41, 5.74) is 0.564. The van der Waals surface area contributed by atoms with Gasteiger partial charge in [-0.05, 0) is 25.0 Å². The highest BCUT2D eigenvalue weighted by Crippen LogP contribution is 2.22. The van der Waals surface area contributed by atoms with Crippen LogP contribution in [0.3, 0.4) is 0 Å². The van der Waals surface area contributed by atoms with Crippen molar-refractivity contribution in [2.45, 2.75) is 76.1 Å². The van der Waals surface area contributed by atoms with Crippen molar-refractivity contribution in [2.24, 2.45) is 0 Å². The Bertz CT molecular complexity index is 707. The van der Waals surface area contributed by atoms with Crippen LogP contribution in [0.5, 0.6) is 0 Å². The molecule has 10 nitrogen and oxygen atoms in total. The van der Waals surface area contributed by atoms with Crippen molar-refractivity contribution in [3.05, 3.63) is 36.4 Å². The fraction of sp³-hybridized carbons (Fsp3) is 0.684. The third-order valence-electron chi connectivity index (χ3n) is 5.05. The van der Waals surface area contributed by atoms with Crippen LogP contribution < -0.4 is 0 Å². The van der Waals surface area contributed by atoms with Gasteiger partial charge in [-0.1, -0.05) is 18.1 Å². The number of aromatic nitrogens is 4. The van der Waals surface area contributed by atoms with Crippen molar-refractivity contribution < 1.29 is 29.9 Å². The van der Waals surface area contributed by atoms with Crippen LogP contribution in [0.4, 0.5) is 0 Å². The predicted octanol–water partition coefficient (Wildman–Crippen LogP) is -0.343. The summed E-state index contributed by atoms with van der Waals surface area (Å²) >= 11 is 0. The first-order valence-electron chi connectivity index (χ1n) is 10.0. The summed E-state index contributed by atoms with van der Waals surface area (Å²) in [6, 6.07) is 4.06. The third kappa shape index (κ3) is 6.08. The molecule has 0 radical (unpaired) electrons. The lowest BCUT2D eigenvalue weighted by atomic mass is 9.99. The molecule has 0 spiro atoms. The second kappa shape index (κ2) is 10.8. The molecule has 29 heavy (non-hydrogen) atoms. The van der Waals surface area contributed by atoms with Gasteiger partial charge in [0.25, 0.3) is 0 Å². The summed E-state index contributed by atoms with van der Waals surface area (Å²) in [5, 5.41) is 46.8. The van der Waals surface area contributed by atoms with Crippen LogP contribution in [0.15, 0.2) is 30.7 Å². The average molecular weight is 410 g/mol. The van der Waals surface area contributed by atoms with Crippen LogP contribution in [0.1, 0.15) is 31.4 Å². The number of rotatable bonds is 11. The number of ether oxygens (including phenoxy) is 2. The quantitative estimate of drug-likeness (QED) is 0.370. The van der Waals surface area contributed by atoms with E-state index >= 15 is 0 Å². The molecule has 2 aromatic heterocycles. The van der Waals surface area contributed by atoms with E-state index in [1.54, 1.807) is 10.9 Å². The molecular weight excluding hydrogens is 380 g/mol. The minimum Gasteiger partial charge on any atom is -0.394 e. The minimum atomic E-state index is -1.46. The molecule has 3 heterocycles. The SMILES string of the molecule is OCC1O[C@@H](OCc2cn(CCCCCCn3cccc3)nn2)C(O)C(O)[C@H]1O. The third-order valence-corrected chi connectivity index (χ3v) is 5.05. The number of unbranched alkanes of at least 4 members (excludes halogenated alkanes) is 3. The molecule has 0 bridgehead atoms. The van der Waals surface area contributed by atoms with Crippen LogP contribution in [-0.4, -0.2) is 77.3 Å². The van der Waals surface area contributed by atoms with Gasteiger partial charge in [0.2, 0.25) is 0 Å². The lowest BCUT2D eigenvalue weighted by molar-refractivity contribution is -0.304. The first kappa shape index (κ1) is 21.9. The van der Waals surface area contributed by atoms with Gasteiger partial charge in [0, 0.05) is 25.5 Å². The molecule has 3 unspecified atom stereocenters. The van der Waals surface area contributed by atoms with Crippen LogP contribution >= 0.6 is 0 Å². The molecule has 4 N–H and O–H groups in total. The van der Waals surface area contributed by atoms with E-state index < -0.39 is 37.3 Å². The second-order valence-electron chi connectivity index (χ2n) is 7.32. The summed E-state index contributed by atoms with van der Waals surface area (Å²) in [5.74, 6) is 0. The van der Waals surface area contributed by atoms with Gasteiger partial charge in [-0.3, -0.25) is 4.68 Å². The Balaban J connectivity index is 1.34. The highest BCUT2D eigenvalue weighted by molar-refractivity contribution is 4.92. The first-order chi connectivity index (χ1) is 14.1. The molecule has 0 saturated carbocycles. The topological polar surface area (TPSA) is 135 Å². The van der Waals surface area contributed by atoms with E-state index in [0.717, 1.165) is 38.8 Å². The fourth-order valence-electron chi connectivity index (χ4n) is 3.33. The van der Waals surface area contributed by atoms with E-state index in [2.05, 4.69) is 27.3 Å². The number of aryl methyl sites for hydroxylation is 2. The summed E-state index contributed by atoms with van der Waals surface area (Å²) in [7, 11) is 0. The van der Waals surface area contributed by atoms with Crippen LogP contribution in [0, 0.1) is 0 Å². The Hall–Kier alpha value is -1.82. The standard InChI is InChI=1S/C19H30N4O6/c24-12-15-16(25)17(26)18(27)19(29-15)28-13-14-11-23(21-20-14)10-4-2-1-3-7-22-8-5-6-9-22/h5-6,8-9,11,15-19,24-27H,1-4,7,10,12-13H2/t15?,16-,17?,18?,19+/m0/s1. The Kier molecular flexibility index (Phi) is 8.16. The van der Waals surface area contributed by atoms with Gasteiger partial charge in [0.05, 0.1) is 19.4 Å². The molecule has 3 rings (SSSR count). The molecule has 1 aliphatic rings. The highest BCUT2D eigenvalue weighted by Gasteiger charge is 2.44. The van der Waals surface area contributed by atoms with E-state index in [-0.39, 0.29) is 6.61 Å². The minimum absolute atomic E-state index is 0.0273. The maximum atomic E-state index is 9.97. The van der Waals surface area contributed by atoms with Gasteiger partial charge >= 0.3 is 0 Å². The number of aliphatic hydroxyl groups excluding tert-OH is 4. The number of hydrogen-bond donors (Lipinski definition) is 4. The smallest absolute Gasteiger partial charge is 0.187 e. The zero-order valence-corrected chi connectivity index (χ0v) is 16.3. The van der Waals surface area contributed by atoms with E-state index in [1.807, 2.05) is 12.1 Å². The number of hydrogen-bond acceptors (Lipinski definition) is 8.